The van der Waals surface area contributed by atoms with Crippen LogP contribution >= 0.6 is 0 Å². The molecule has 1 aliphatic rings. The van der Waals surface area contributed by atoms with Crippen molar-refractivity contribution in [2.24, 2.45) is 7.05 Å². The van der Waals surface area contributed by atoms with Crippen molar-refractivity contribution in [1.29, 1.82) is 0 Å². The van der Waals surface area contributed by atoms with Crippen LogP contribution in [-0.2, 0) is 18.4 Å². The van der Waals surface area contributed by atoms with Crippen molar-refractivity contribution in [3.63, 3.8) is 0 Å². The lowest BCUT2D eigenvalue weighted by Gasteiger charge is -2.31. The molecule has 2 aromatic rings. The Bertz CT molecular complexity index is 965. The fourth-order valence-corrected chi connectivity index (χ4v) is 3.95. The Labute approximate surface area is 171 Å². The van der Waals surface area contributed by atoms with Gasteiger partial charge in [-0.1, -0.05) is 37.3 Å². The van der Waals surface area contributed by atoms with Crippen molar-refractivity contribution in [3.05, 3.63) is 69.1 Å². The van der Waals surface area contributed by atoms with Crippen LogP contribution in [0, 0.1) is 13.8 Å². The predicted octanol–water partition coefficient (Wildman–Crippen LogP) is 2.66. The predicted molar refractivity (Wildman–Crippen MR) is 113 cm³/mol. The molecule has 3 rings (SSSR count). The molecule has 29 heavy (non-hydrogen) atoms. The molecule has 1 fully saturated rings. The first-order chi connectivity index (χ1) is 13.8. The van der Waals surface area contributed by atoms with Crippen LogP contribution in [0.1, 0.15) is 46.9 Å². The number of hydrogen-bond acceptors (Lipinski definition) is 3. The Balaban J connectivity index is 1.88. The van der Waals surface area contributed by atoms with Crippen LogP contribution in [0.5, 0.6) is 0 Å². The van der Waals surface area contributed by atoms with E-state index in [2.05, 4.69) is 0 Å². The first kappa shape index (κ1) is 20.8. The van der Waals surface area contributed by atoms with Gasteiger partial charge >= 0.3 is 0 Å². The molecule has 1 aliphatic heterocycles. The first-order valence-corrected chi connectivity index (χ1v) is 10.1. The number of aryl methyl sites for hydroxylation is 2. The van der Waals surface area contributed by atoms with Gasteiger partial charge < -0.3 is 14.4 Å². The average Bonchev–Trinajstić information content (AvgIpc) is 2.86. The molecule has 0 spiro atoms. The molecule has 0 saturated carbocycles. The van der Waals surface area contributed by atoms with Gasteiger partial charge in [0.05, 0.1) is 0 Å². The second-order valence-corrected chi connectivity index (χ2v) is 7.78. The van der Waals surface area contributed by atoms with E-state index in [0.29, 0.717) is 25.2 Å². The second kappa shape index (κ2) is 8.64. The van der Waals surface area contributed by atoms with E-state index < -0.39 is 0 Å². The topological polar surface area (TPSA) is 62.6 Å². The van der Waals surface area contributed by atoms with Gasteiger partial charge in [-0.25, -0.2) is 0 Å². The van der Waals surface area contributed by atoms with E-state index in [-0.39, 0.29) is 35.4 Å². The molecule has 6 nitrogen and oxygen atoms in total. The molecule has 0 unspecified atom stereocenters. The van der Waals surface area contributed by atoms with E-state index in [1.807, 2.05) is 55.1 Å². The van der Waals surface area contributed by atoms with Gasteiger partial charge in [0, 0.05) is 44.8 Å². The molecule has 1 saturated heterocycles. The maximum Gasteiger partial charge on any atom is 0.263 e. The summed E-state index contributed by atoms with van der Waals surface area (Å²) in [5.74, 6) is -0.236. The van der Waals surface area contributed by atoms with Crippen LogP contribution in [0.25, 0.3) is 0 Å². The fraction of sp³-hybridized carbons (Fsp3) is 0.435. The number of rotatable bonds is 4. The largest absolute Gasteiger partial charge is 0.336 e. The molecule has 2 amide bonds. The number of carbonyl (C=O) groups is 2. The molecule has 0 bridgehead atoms. The fourth-order valence-electron chi connectivity index (χ4n) is 3.95. The summed E-state index contributed by atoms with van der Waals surface area (Å²) >= 11 is 0. The van der Waals surface area contributed by atoms with Gasteiger partial charge in [-0.3, -0.25) is 14.4 Å². The molecule has 0 radical (unpaired) electrons. The molecule has 1 aromatic carbocycles. The zero-order valence-corrected chi connectivity index (χ0v) is 17.6. The van der Waals surface area contributed by atoms with Crippen LogP contribution < -0.4 is 5.56 Å². The van der Waals surface area contributed by atoms with Crippen LogP contribution in [0.4, 0.5) is 0 Å². The van der Waals surface area contributed by atoms with E-state index in [4.69, 9.17) is 0 Å². The van der Waals surface area contributed by atoms with Crippen molar-refractivity contribution in [2.75, 3.05) is 13.1 Å². The summed E-state index contributed by atoms with van der Waals surface area (Å²) < 4.78 is 1.50. The van der Waals surface area contributed by atoms with E-state index in [1.165, 1.54) is 4.57 Å². The average molecular weight is 396 g/mol. The van der Waals surface area contributed by atoms with Crippen LogP contribution in [0.15, 0.2) is 41.2 Å². The van der Waals surface area contributed by atoms with Gasteiger partial charge in [0.15, 0.2) is 0 Å². The summed E-state index contributed by atoms with van der Waals surface area (Å²) in [5.41, 5.74) is 2.49. The Hall–Kier alpha value is -2.89. The molecule has 0 aliphatic carbocycles. The SMILES string of the molecule is CC[C@H]1CN(C(=O)c2c(C)cc(C)n(C)c2=O)CCC(=O)N1Cc1ccccc1. The van der Waals surface area contributed by atoms with E-state index >= 15 is 0 Å². The van der Waals surface area contributed by atoms with Gasteiger partial charge in [-0.05, 0) is 37.5 Å². The molecule has 6 heteroatoms. The third kappa shape index (κ3) is 4.26. The standard InChI is InChI=1S/C23H29N3O3/c1-5-19-15-25(23(29)21-16(2)13-17(3)24(4)22(21)28)12-11-20(27)26(19)14-18-9-7-6-8-10-18/h6-10,13,19H,5,11-12,14-15H2,1-4H3/t19-/m0/s1. The summed E-state index contributed by atoms with van der Waals surface area (Å²) in [6.07, 6.45) is 1.01. The highest BCUT2D eigenvalue weighted by Gasteiger charge is 2.32. The van der Waals surface area contributed by atoms with Crippen LogP contribution in [-0.4, -0.2) is 45.3 Å². The highest BCUT2D eigenvalue weighted by molar-refractivity contribution is 5.95. The number of benzene rings is 1. The minimum absolute atomic E-state index is 0.0459. The van der Waals surface area contributed by atoms with Gasteiger partial charge in [-0.15, -0.1) is 0 Å². The van der Waals surface area contributed by atoms with Gasteiger partial charge in [0.1, 0.15) is 5.56 Å². The number of nitrogens with zero attached hydrogens (tertiary/aromatic N) is 3. The monoisotopic (exact) mass is 395 g/mol. The highest BCUT2D eigenvalue weighted by atomic mass is 16.2. The minimum atomic E-state index is -0.282. The molecule has 1 aromatic heterocycles. The maximum absolute atomic E-state index is 13.3. The third-order valence-corrected chi connectivity index (χ3v) is 5.82. The van der Waals surface area contributed by atoms with E-state index in [9.17, 15) is 14.4 Å². The van der Waals surface area contributed by atoms with Gasteiger partial charge in [-0.2, -0.15) is 0 Å². The molecular weight excluding hydrogens is 366 g/mol. The number of aromatic nitrogens is 1. The Morgan fingerprint density at radius 3 is 2.48 bits per heavy atom. The summed E-state index contributed by atoms with van der Waals surface area (Å²) in [6, 6.07) is 11.7. The number of pyridine rings is 1. The van der Waals surface area contributed by atoms with Gasteiger partial charge in [0.25, 0.3) is 11.5 Å². The quantitative estimate of drug-likeness (QED) is 0.800. The number of amides is 2. The molecular formula is C23H29N3O3. The maximum atomic E-state index is 13.3. The summed E-state index contributed by atoms with van der Waals surface area (Å²) in [5, 5.41) is 0. The summed E-state index contributed by atoms with van der Waals surface area (Å²) in [6.45, 7) is 6.97. The van der Waals surface area contributed by atoms with Crippen molar-refractivity contribution < 1.29 is 9.59 Å². The van der Waals surface area contributed by atoms with Crippen LogP contribution in [0.2, 0.25) is 0 Å². The smallest absolute Gasteiger partial charge is 0.263 e. The van der Waals surface area contributed by atoms with E-state index in [0.717, 1.165) is 17.7 Å². The van der Waals surface area contributed by atoms with Gasteiger partial charge in [0.2, 0.25) is 5.91 Å². The van der Waals surface area contributed by atoms with Crippen molar-refractivity contribution in [2.45, 2.75) is 46.2 Å². The lowest BCUT2D eigenvalue weighted by atomic mass is 10.1. The summed E-state index contributed by atoms with van der Waals surface area (Å²) in [7, 11) is 1.68. The molecule has 1 atom stereocenters. The second-order valence-electron chi connectivity index (χ2n) is 7.78. The van der Waals surface area contributed by atoms with Crippen LogP contribution in [0.3, 0.4) is 0 Å². The Morgan fingerprint density at radius 2 is 1.83 bits per heavy atom. The lowest BCUT2D eigenvalue weighted by molar-refractivity contribution is -0.133. The zero-order chi connectivity index (χ0) is 21.1. The van der Waals surface area contributed by atoms with E-state index in [1.54, 1.807) is 18.9 Å². The normalized spacial score (nSPS) is 17.4. The molecule has 2 heterocycles. The molecule has 0 N–H and O–H groups in total. The summed E-state index contributed by atoms with van der Waals surface area (Å²) in [4.78, 5) is 42.4. The third-order valence-electron chi connectivity index (χ3n) is 5.82. The zero-order valence-electron chi connectivity index (χ0n) is 17.6. The minimum Gasteiger partial charge on any atom is -0.336 e. The number of carbonyl (C=O) groups excluding carboxylic acids is 2. The molecule has 154 valence electrons. The van der Waals surface area contributed by atoms with Crippen molar-refractivity contribution in [3.8, 4) is 0 Å². The van der Waals surface area contributed by atoms with Crippen molar-refractivity contribution >= 4 is 11.8 Å². The lowest BCUT2D eigenvalue weighted by Crippen LogP contribution is -2.45. The Kier molecular flexibility index (Phi) is 6.20. The number of hydrogen-bond donors (Lipinski definition) is 0. The van der Waals surface area contributed by atoms with Crippen molar-refractivity contribution in [1.82, 2.24) is 14.4 Å². The highest BCUT2D eigenvalue weighted by Crippen LogP contribution is 2.19. The Morgan fingerprint density at radius 1 is 1.14 bits per heavy atom. The first-order valence-electron chi connectivity index (χ1n) is 10.1.